The number of halogens is 1. The van der Waals surface area contributed by atoms with Crippen molar-refractivity contribution >= 4 is 27.9 Å². The normalized spacial score (nSPS) is 12.7. The predicted molar refractivity (Wildman–Crippen MR) is 110 cm³/mol. The zero-order valence-corrected chi connectivity index (χ0v) is 16.1. The predicted octanol–water partition coefficient (Wildman–Crippen LogP) is 5.23. The number of aromatic nitrogens is 3. The smallest absolute Gasteiger partial charge is 0.162 e. The Kier molecular flexibility index (Phi) is 4.19. The Bertz CT molecular complexity index is 1090. The van der Waals surface area contributed by atoms with Gasteiger partial charge in [-0.05, 0) is 23.3 Å². The van der Waals surface area contributed by atoms with E-state index in [4.69, 9.17) is 11.6 Å². The Hall–Kier alpha value is -2.63. The summed E-state index contributed by atoms with van der Waals surface area (Å²) in [5, 5.41) is 6.43. The van der Waals surface area contributed by atoms with Crippen molar-refractivity contribution in [1.82, 2.24) is 14.8 Å². The van der Waals surface area contributed by atoms with Crippen LogP contribution in [0.15, 0.2) is 67.0 Å². The first kappa shape index (κ1) is 16.5. The molecule has 5 rings (SSSR count). The highest BCUT2D eigenvalue weighted by molar-refractivity contribution is 7.16. The van der Waals surface area contributed by atoms with Crippen molar-refractivity contribution in [3.8, 4) is 11.4 Å². The summed E-state index contributed by atoms with van der Waals surface area (Å²) in [6.45, 7) is 1.43. The van der Waals surface area contributed by atoms with Gasteiger partial charge in [0, 0.05) is 22.9 Å². The molecule has 0 saturated carbocycles. The number of thiophene rings is 1. The van der Waals surface area contributed by atoms with Crippen LogP contribution < -0.4 is 4.90 Å². The number of anilines is 1. The molecule has 6 heteroatoms. The topological polar surface area (TPSA) is 34.0 Å². The van der Waals surface area contributed by atoms with E-state index in [1.54, 1.807) is 6.33 Å². The summed E-state index contributed by atoms with van der Waals surface area (Å²) < 4.78 is 1.96. The van der Waals surface area contributed by atoms with Crippen molar-refractivity contribution < 1.29 is 0 Å². The lowest BCUT2D eigenvalue weighted by atomic mass is 10.1. The van der Waals surface area contributed by atoms with Crippen molar-refractivity contribution in [2.45, 2.75) is 19.6 Å². The molecular weight excluding hydrogens is 376 g/mol. The van der Waals surface area contributed by atoms with Crippen LogP contribution in [0.2, 0.25) is 5.02 Å². The maximum Gasteiger partial charge on any atom is 0.162 e. The summed E-state index contributed by atoms with van der Waals surface area (Å²) in [7, 11) is 0. The van der Waals surface area contributed by atoms with E-state index in [1.165, 1.54) is 15.4 Å². The third-order valence-corrected chi connectivity index (χ3v) is 6.32. The number of fused-ring (bicyclic) bond motifs is 3. The van der Waals surface area contributed by atoms with Crippen LogP contribution in [0.25, 0.3) is 11.4 Å². The van der Waals surface area contributed by atoms with Crippen LogP contribution in [0.4, 0.5) is 5.00 Å². The molecule has 4 nitrogen and oxygen atoms in total. The molecule has 0 spiro atoms. The maximum absolute atomic E-state index is 6.40. The van der Waals surface area contributed by atoms with Crippen LogP contribution in [0.3, 0.4) is 0 Å². The molecule has 0 N–H and O–H groups in total. The molecule has 0 amide bonds. The summed E-state index contributed by atoms with van der Waals surface area (Å²) in [6, 6.07) is 20.8. The fourth-order valence-electron chi connectivity index (χ4n) is 3.47. The van der Waals surface area contributed by atoms with E-state index in [0.717, 1.165) is 34.9 Å². The summed E-state index contributed by atoms with van der Waals surface area (Å²) in [5.41, 5.74) is 3.59. The van der Waals surface area contributed by atoms with Crippen LogP contribution in [0.1, 0.15) is 16.0 Å². The lowest BCUT2D eigenvalue weighted by Crippen LogP contribution is -2.29. The highest BCUT2D eigenvalue weighted by Gasteiger charge is 2.27. The third kappa shape index (κ3) is 3.13. The van der Waals surface area contributed by atoms with Gasteiger partial charge >= 0.3 is 0 Å². The second kappa shape index (κ2) is 6.83. The second-order valence-electron chi connectivity index (χ2n) is 6.61. The van der Waals surface area contributed by atoms with Gasteiger partial charge in [0.05, 0.1) is 5.56 Å². The van der Waals surface area contributed by atoms with E-state index in [0.29, 0.717) is 6.67 Å². The van der Waals surface area contributed by atoms with E-state index in [2.05, 4.69) is 57.4 Å². The van der Waals surface area contributed by atoms with Gasteiger partial charge in [0.15, 0.2) is 5.82 Å². The minimum Gasteiger partial charge on any atom is -0.339 e. The molecule has 1 aliphatic rings. The minimum absolute atomic E-state index is 0.679. The molecule has 0 fully saturated rings. The van der Waals surface area contributed by atoms with Gasteiger partial charge in [-0.15, -0.1) is 11.3 Å². The SMILES string of the molecule is Clc1ccccc1CN1Cn2ncnc2-c2cc(Cc3ccccc3)sc21. The standard InChI is InChI=1S/C21H17ClN4S/c22-19-9-5-4-8-16(19)12-25-14-26-20(23-13-24-26)18-11-17(27-21(18)25)10-15-6-2-1-3-7-15/h1-9,11,13H,10,12,14H2. The van der Waals surface area contributed by atoms with Crippen molar-refractivity contribution in [3.63, 3.8) is 0 Å². The van der Waals surface area contributed by atoms with Gasteiger partial charge in [0.2, 0.25) is 0 Å². The molecule has 0 saturated heterocycles. The molecule has 0 radical (unpaired) electrons. The number of hydrogen-bond acceptors (Lipinski definition) is 4. The van der Waals surface area contributed by atoms with E-state index in [-0.39, 0.29) is 0 Å². The lowest BCUT2D eigenvalue weighted by Gasteiger charge is -2.29. The maximum atomic E-state index is 6.40. The van der Waals surface area contributed by atoms with Gasteiger partial charge in [-0.25, -0.2) is 9.67 Å². The average molecular weight is 393 g/mol. The molecular formula is C21H17ClN4S. The molecule has 27 heavy (non-hydrogen) atoms. The summed E-state index contributed by atoms with van der Waals surface area (Å²) in [6.07, 6.45) is 2.55. The van der Waals surface area contributed by atoms with Crippen LogP contribution >= 0.6 is 22.9 Å². The number of rotatable bonds is 4. The van der Waals surface area contributed by atoms with Crippen LogP contribution in [0, 0.1) is 0 Å². The Morgan fingerprint density at radius 1 is 1.04 bits per heavy atom. The van der Waals surface area contributed by atoms with E-state index < -0.39 is 0 Å². The zero-order valence-electron chi connectivity index (χ0n) is 14.5. The molecule has 1 aliphatic heterocycles. The molecule has 3 heterocycles. The van der Waals surface area contributed by atoms with Gasteiger partial charge < -0.3 is 4.90 Å². The zero-order chi connectivity index (χ0) is 18.2. The summed E-state index contributed by atoms with van der Waals surface area (Å²) in [4.78, 5) is 8.14. The first-order valence-corrected chi connectivity index (χ1v) is 10.0. The molecule has 4 aromatic rings. The molecule has 0 unspecified atom stereocenters. The van der Waals surface area contributed by atoms with Crippen LogP contribution in [0.5, 0.6) is 0 Å². The van der Waals surface area contributed by atoms with Gasteiger partial charge in [-0.1, -0.05) is 60.1 Å². The van der Waals surface area contributed by atoms with Crippen molar-refractivity contribution in [1.29, 1.82) is 0 Å². The average Bonchev–Trinajstić information content (AvgIpc) is 3.31. The first-order valence-electron chi connectivity index (χ1n) is 8.81. The second-order valence-corrected chi connectivity index (χ2v) is 8.13. The molecule has 2 aromatic carbocycles. The fourth-order valence-corrected chi connectivity index (χ4v) is 4.84. The van der Waals surface area contributed by atoms with Gasteiger partial charge in [-0.2, -0.15) is 5.10 Å². The van der Waals surface area contributed by atoms with Crippen LogP contribution in [-0.4, -0.2) is 14.8 Å². The summed E-state index contributed by atoms with van der Waals surface area (Å²) >= 11 is 8.24. The Balaban J connectivity index is 1.52. The molecule has 2 aromatic heterocycles. The fraction of sp³-hybridized carbons (Fsp3) is 0.143. The molecule has 134 valence electrons. The third-order valence-electron chi connectivity index (χ3n) is 4.75. The highest BCUT2D eigenvalue weighted by atomic mass is 35.5. The van der Waals surface area contributed by atoms with Gasteiger partial charge in [0.25, 0.3) is 0 Å². The lowest BCUT2D eigenvalue weighted by molar-refractivity contribution is 0.572. The molecule has 0 bridgehead atoms. The molecule has 0 atom stereocenters. The van der Waals surface area contributed by atoms with Crippen molar-refractivity contribution in [3.05, 3.63) is 88.0 Å². The van der Waals surface area contributed by atoms with Gasteiger partial charge in [-0.3, -0.25) is 0 Å². The van der Waals surface area contributed by atoms with Crippen molar-refractivity contribution in [2.75, 3.05) is 4.90 Å². The Labute approximate surface area is 166 Å². The number of nitrogens with zero attached hydrogens (tertiary/aromatic N) is 4. The van der Waals surface area contributed by atoms with Gasteiger partial charge in [0.1, 0.15) is 18.0 Å². The highest BCUT2D eigenvalue weighted by Crippen LogP contribution is 2.42. The summed E-state index contributed by atoms with van der Waals surface area (Å²) in [5.74, 6) is 0.941. The Morgan fingerprint density at radius 3 is 2.70 bits per heavy atom. The number of hydrogen-bond donors (Lipinski definition) is 0. The quantitative estimate of drug-likeness (QED) is 0.477. The Morgan fingerprint density at radius 2 is 1.85 bits per heavy atom. The van der Waals surface area contributed by atoms with E-state index >= 15 is 0 Å². The first-order chi connectivity index (χ1) is 13.3. The van der Waals surface area contributed by atoms with Crippen LogP contribution in [-0.2, 0) is 19.6 Å². The monoisotopic (exact) mass is 392 g/mol. The van der Waals surface area contributed by atoms with E-state index in [9.17, 15) is 0 Å². The van der Waals surface area contributed by atoms with E-state index in [1.807, 2.05) is 34.2 Å². The molecule has 0 aliphatic carbocycles. The van der Waals surface area contributed by atoms with Crippen molar-refractivity contribution in [2.24, 2.45) is 0 Å². The number of benzene rings is 2. The largest absolute Gasteiger partial charge is 0.339 e. The minimum atomic E-state index is 0.679.